The number of aromatic nitrogens is 5. The molecule has 3 aromatic heterocycles. The van der Waals surface area contributed by atoms with Gasteiger partial charge in [-0.25, -0.2) is 4.98 Å². The zero-order valence-electron chi connectivity index (χ0n) is 16.5. The maximum Gasteiger partial charge on any atom is 0.471 e. The number of alkyl halides is 3. The van der Waals surface area contributed by atoms with Gasteiger partial charge in [0, 0.05) is 13.2 Å². The van der Waals surface area contributed by atoms with Crippen molar-refractivity contribution < 1.29 is 27.5 Å². The number of halogens is 3. The number of hydrogen-bond donors (Lipinski definition) is 1. The van der Waals surface area contributed by atoms with Gasteiger partial charge in [0.25, 0.3) is 0 Å². The minimum Gasteiger partial charge on any atom is -0.392 e. The van der Waals surface area contributed by atoms with E-state index >= 15 is 0 Å². The molecule has 1 unspecified atom stereocenters. The number of pyridine rings is 1. The third kappa shape index (κ3) is 4.14. The molecule has 2 aliphatic rings. The molecule has 2 saturated heterocycles. The van der Waals surface area contributed by atoms with Gasteiger partial charge in [-0.1, -0.05) is 5.16 Å². The van der Waals surface area contributed by atoms with E-state index in [0.29, 0.717) is 25.2 Å². The number of rotatable bonds is 5. The summed E-state index contributed by atoms with van der Waals surface area (Å²) in [5.74, 6) is -0.865. The number of piperidine rings is 1. The van der Waals surface area contributed by atoms with Crippen LogP contribution < -0.4 is 0 Å². The van der Waals surface area contributed by atoms with Crippen molar-refractivity contribution in [3.8, 4) is 11.5 Å². The lowest BCUT2D eigenvalue weighted by molar-refractivity contribution is -0.159. The zero-order valence-corrected chi connectivity index (χ0v) is 16.5. The van der Waals surface area contributed by atoms with Crippen LogP contribution in [0.1, 0.15) is 31.0 Å². The molecule has 0 bridgehead atoms. The van der Waals surface area contributed by atoms with E-state index in [1.807, 2.05) is 4.57 Å². The number of hydrogen-bond acceptors (Lipinski definition) is 8. The van der Waals surface area contributed by atoms with E-state index in [4.69, 9.17) is 9.72 Å². The zero-order chi connectivity index (χ0) is 21.6. The first-order valence-corrected chi connectivity index (χ1v) is 10.2. The predicted molar refractivity (Wildman–Crippen MR) is 101 cm³/mol. The SMILES string of the molecule is OC1CCCN(Cc2nc3cc(-c4noc(C(F)(F)F)n4)ncc3n2C[C@@H]2CCO2)C1. The molecular formula is C19H21F3N6O3. The average molecular weight is 438 g/mol. The summed E-state index contributed by atoms with van der Waals surface area (Å²) in [5.41, 5.74) is 1.48. The second-order valence-electron chi connectivity index (χ2n) is 7.93. The molecular weight excluding hydrogens is 417 g/mol. The molecule has 2 atom stereocenters. The Bertz CT molecular complexity index is 1080. The van der Waals surface area contributed by atoms with Crippen molar-refractivity contribution in [1.29, 1.82) is 0 Å². The fraction of sp³-hybridized carbons (Fsp3) is 0.579. The van der Waals surface area contributed by atoms with Gasteiger partial charge in [-0.3, -0.25) is 9.88 Å². The Labute approximate surface area is 174 Å². The second-order valence-corrected chi connectivity index (χ2v) is 7.93. The highest BCUT2D eigenvalue weighted by atomic mass is 19.4. The Kier molecular flexibility index (Phi) is 5.15. The van der Waals surface area contributed by atoms with Crippen molar-refractivity contribution in [3.05, 3.63) is 24.0 Å². The maximum absolute atomic E-state index is 12.8. The quantitative estimate of drug-likeness (QED) is 0.647. The number of aliphatic hydroxyl groups is 1. The predicted octanol–water partition coefficient (Wildman–Crippen LogP) is 2.25. The van der Waals surface area contributed by atoms with Crippen LogP contribution >= 0.6 is 0 Å². The molecule has 5 rings (SSSR count). The van der Waals surface area contributed by atoms with E-state index in [-0.39, 0.29) is 23.7 Å². The van der Waals surface area contributed by atoms with Gasteiger partial charge in [-0.2, -0.15) is 18.2 Å². The highest BCUT2D eigenvalue weighted by molar-refractivity contribution is 5.78. The molecule has 9 nitrogen and oxygen atoms in total. The van der Waals surface area contributed by atoms with Gasteiger partial charge in [0.2, 0.25) is 5.82 Å². The van der Waals surface area contributed by atoms with Crippen molar-refractivity contribution in [2.45, 2.75) is 50.7 Å². The summed E-state index contributed by atoms with van der Waals surface area (Å²) in [5, 5.41) is 13.4. The third-order valence-electron chi connectivity index (χ3n) is 5.64. The molecule has 5 heterocycles. The van der Waals surface area contributed by atoms with E-state index in [2.05, 4.69) is 24.5 Å². The van der Waals surface area contributed by atoms with E-state index in [1.165, 1.54) is 0 Å². The van der Waals surface area contributed by atoms with Crippen LogP contribution in [0.3, 0.4) is 0 Å². The Morgan fingerprint density at radius 3 is 2.74 bits per heavy atom. The van der Waals surface area contributed by atoms with Crippen LogP contribution in [0.5, 0.6) is 0 Å². The van der Waals surface area contributed by atoms with Gasteiger partial charge in [-0.05, 0) is 31.9 Å². The van der Waals surface area contributed by atoms with Crippen molar-refractivity contribution in [3.63, 3.8) is 0 Å². The van der Waals surface area contributed by atoms with Crippen molar-refractivity contribution in [1.82, 2.24) is 29.6 Å². The van der Waals surface area contributed by atoms with E-state index in [0.717, 1.165) is 43.8 Å². The molecule has 0 aromatic carbocycles. The lowest BCUT2D eigenvalue weighted by Crippen LogP contribution is -2.39. The summed E-state index contributed by atoms with van der Waals surface area (Å²) in [6.45, 7) is 3.34. The van der Waals surface area contributed by atoms with Gasteiger partial charge in [0.15, 0.2) is 0 Å². The van der Waals surface area contributed by atoms with E-state index in [9.17, 15) is 18.3 Å². The number of likely N-dealkylation sites (tertiary alicyclic amines) is 1. The van der Waals surface area contributed by atoms with Crippen LogP contribution in [0.15, 0.2) is 16.8 Å². The molecule has 0 spiro atoms. The highest BCUT2D eigenvalue weighted by Crippen LogP contribution is 2.30. The molecule has 12 heteroatoms. The van der Waals surface area contributed by atoms with Crippen LogP contribution in [0.4, 0.5) is 13.2 Å². The smallest absolute Gasteiger partial charge is 0.392 e. The van der Waals surface area contributed by atoms with Crippen LogP contribution in [-0.4, -0.2) is 66.6 Å². The maximum atomic E-state index is 12.8. The largest absolute Gasteiger partial charge is 0.471 e. The number of β-amino-alcohol motifs (C(OH)–C–C–N with tert-alkyl or cyclic N) is 1. The highest BCUT2D eigenvalue weighted by Gasteiger charge is 2.38. The average Bonchev–Trinajstić information content (AvgIpc) is 3.29. The van der Waals surface area contributed by atoms with E-state index < -0.39 is 12.1 Å². The molecule has 3 aromatic rings. The van der Waals surface area contributed by atoms with Crippen molar-refractivity contribution >= 4 is 11.0 Å². The van der Waals surface area contributed by atoms with Gasteiger partial charge in [-0.15, -0.1) is 0 Å². The van der Waals surface area contributed by atoms with Crippen LogP contribution in [-0.2, 0) is 24.0 Å². The molecule has 2 aliphatic heterocycles. The number of imidazole rings is 1. The summed E-state index contributed by atoms with van der Waals surface area (Å²) in [6.07, 6.45) is -0.750. The van der Waals surface area contributed by atoms with Gasteiger partial charge in [0.05, 0.1) is 42.5 Å². The molecule has 0 aliphatic carbocycles. The van der Waals surface area contributed by atoms with E-state index in [1.54, 1.807) is 12.3 Å². The van der Waals surface area contributed by atoms with Gasteiger partial charge in [0.1, 0.15) is 11.5 Å². The molecule has 2 fully saturated rings. The summed E-state index contributed by atoms with van der Waals surface area (Å²) in [7, 11) is 0. The topological polar surface area (TPSA) is 102 Å². The number of aliphatic hydroxyl groups excluding tert-OH is 1. The Hall–Kier alpha value is -2.57. The number of nitrogens with zero attached hydrogens (tertiary/aromatic N) is 6. The number of fused-ring (bicyclic) bond motifs is 1. The molecule has 0 amide bonds. The second kappa shape index (κ2) is 7.84. The van der Waals surface area contributed by atoms with Crippen molar-refractivity contribution in [2.75, 3.05) is 19.7 Å². The minimum atomic E-state index is -4.72. The fourth-order valence-corrected chi connectivity index (χ4v) is 3.97. The Morgan fingerprint density at radius 1 is 1.23 bits per heavy atom. The molecule has 0 radical (unpaired) electrons. The molecule has 0 saturated carbocycles. The van der Waals surface area contributed by atoms with Crippen LogP contribution in [0.2, 0.25) is 0 Å². The number of ether oxygens (including phenoxy) is 1. The first kappa shape index (κ1) is 20.3. The lowest BCUT2D eigenvalue weighted by atomic mass is 10.1. The van der Waals surface area contributed by atoms with Gasteiger partial charge < -0.3 is 18.9 Å². The monoisotopic (exact) mass is 438 g/mol. The normalized spacial score (nSPS) is 22.7. The molecule has 166 valence electrons. The first-order chi connectivity index (χ1) is 14.9. The van der Waals surface area contributed by atoms with Crippen LogP contribution in [0, 0.1) is 0 Å². The Morgan fingerprint density at radius 2 is 2.06 bits per heavy atom. The standard InChI is InChI=1S/C19H21F3N6O3/c20-19(21,22)18-25-17(26-31-18)14-6-13-15(7-23-14)28(9-12-3-5-30-12)16(24-13)10-27-4-1-2-11(29)8-27/h6-7,11-12,29H,1-5,8-10H2/t11?,12-/m0/s1. The molecule has 31 heavy (non-hydrogen) atoms. The van der Waals surface area contributed by atoms with Crippen molar-refractivity contribution in [2.24, 2.45) is 0 Å². The lowest BCUT2D eigenvalue weighted by Gasteiger charge is -2.31. The van der Waals surface area contributed by atoms with Crippen LogP contribution in [0.25, 0.3) is 22.6 Å². The Balaban J connectivity index is 1.48. The summed E-state index contributed by atoms with van der Waals surface area (Å²) < 4.78 is 50.2. The fourth-order valence-electron chi connectivity index (χ4n) is 3.97. The first-order valence-electron chi connectivity index (χ1n) is 10.2. The van der Waals surface area contributed by atoms with Gasteiger partial charge >= 0.3 is 12.1 Å². The third-order valence-corrected chi connectivity index (χ3v) is 5.64. The summed E-state index contributed by atoms with van der Waals surface area (Å²) in [4.78, 5) is 14.5. The summed E-state index contributed by atoms with van der Waals surface area (Å²) >= 11 is 0. The minimum absolute atomic E-state index is 0.0920. The summed E-state index contributed by atoms with van der Waals surface area (Å²) in [6, 6.07) is 1.56. The molecule has 1 N–H and O–H groups in total.